The third kappa shape index (κ3) is 7.19. The van der Waals surface area contributed by atoms with Gasteiger partial charge in [-0.2, -0.15) is 0 Å². The SMILES string of the molecule is COc1cc(C(=O)NC(C)(CN)CC(C)C)ccc1OCC(N)=O.Cl. The largest absolute Gasteiger partial charge is 0.493 e. The summed E-state index contributed by atoms with van der Waals surface area (Å²) in [5.41, 5.74) is 10.8. The van der Waals surface area contributed by atoms with Gasteiger partial charge in [0.25, 0.3) is 11.8 Å². The van der Waals surface area contributed by atoms with E-state index in [0.29, 0.717) is 29.5 Å². The molecule has 142 valence electrons. The van der Waals surface area contributed by atoms with Crippen LogP contribution < -0.4 is 26.3 Å². The quantitative estimate of drug-likeness (QED) is 0.606. The molecule has 0 saturated carbocycles. The average Bonchev–Trinajstić information content (AvgIpc) is 2.51. The Kier molecular flexibility index (Phi) is 9.30. The number of hydrogen-bond acceptors (Lipinski definition) is 5. The number of carbonyl (C=O) groups is 2. The standard InChI is InChI=1S/C17H27N3O4.ClH/c1-11(2)8-17(3,10-18)20-16(22)12-5-6-13(14(7-12)23-4)24-9-15(19)21;/h5-7,11H,8-10,18H2,1-4H3,(H2,19,21)(H,20,22);1H. The molecule has 0 bridgehead atoms. The van der Waals surface area contributed by atoms with Crippen LogP contribution in [0.4, 0.5) is 0 Å². The third-order valence-corrected chi connectivity index (χ3v) is 3.52. The van der Waals surface area contributed by atoms with Crippen LogP contribution in [0.5, 0.6) is 11.5 Å². The van der Waals surface area contributed by atoms with E-state index in [0.717, 1.165) is 6.42 Å². The molecule has 0 aliphatic rings. The van der Waals surface area contributed by atoms with Gasteiger partial charge in [-0.1, -0.05) is 13.8 Å². The zero-order chi connectivity index (χ0) is 18.3. The Morgan fingerprint density at radius 1 is 1.28 bits per heavy atom. The van der Waals surface area contributed by atoms with Crippen LogP contribution >= 0.6 is 12.4 Å². The minimum Gasteiger partial charge on any atom is -0.493 e. The molecule has 0 heterocycles. The van der Waals surface area contributed by atoms with E-state index < -0.39 is 11.4 Å². The molecule has 7 nitrogen and oxygen atoms in total. The fraction of sp³-hybridized carbons (Fsp3) is 0.529. The van der Waals surface area contributed by atoms with Gasteiger partial charge in [-0.3, -0.25) is 9.59 Å². The zero-order valence-corrected chi connectivity index (χ0v) is 15.9. The van der Waals surface area contributed by atoms with Gasteiger partial charge < -0.3 is 26.3 Å². The predicted octanol–water partition coefficient (Wildman–Crippen LogP) is 1.47. The second-order valence-corrected chi connectivity index (χ2v) is 6.44. The second-order valence-electron chi connectivity index (χ2n) is 6.44. The number of halogens is 1. The van der Waals surface area contributed by atoms with Crippen LogP contribution in [0.25, 0.3) is 0 Å². The molecule has 0 saturated heterocycles. The van der Waals surface area contributed by atoms with E-state index in [1.807, 2.05) is 6.92 Å². The molecule has 5 N–H and O–H groups in total. The fourth-order valence-corrected chi connectivity index (χ4v) is 2.51. The Labute approximate surface area is 154 Å². The molecule has 0 radical (unpaired) electrons. The minimum atomic E-state index is -0.591. The molecule has 0 spiro atoms. The number of primary amides is 1. The van der Waals surface area contributed by atoms with Crippen LogP contribution in [-0.2, 0) is 4.79 Å². The van der Waals surface area contributed by atoms with Gasteiger partial charge in [-0.15, -0.1) is 12.4 Å². The van der Waals surface area contributed by atoms with E-state index in [-0.39, 0.29) is 24.9 Å². The number of ether oxygens (including phenoxy) is 2. The van der Waals surface area contributed by atoms with Gasteiger partial charge in [-0.05, 0) is 37.5 Å². The summed E-state index contributed by atoms with van der Waals surface area (Å²) in [5.74, 6) is 0.256. The Balaban J connectivity index is 0.00000576. The third-order valence-electron chi connectivity index (χ3n) is 3.52. The molecule has 0 aromatic heterocycles. The first-order valence-corrected chi connectivity index (χ1v) is 7.82. The van der Waals surface area contributed by atoms with E-state index >= 15 is 0 Å². The highest BCUT2D eigenvalue weighted by molar-refractivity contribution is 5.95. The lowest BCUT2D eigenvalue weighted by Gasteiger charge is -2.31. The first-order chi connectivity index (χ1) is 11.2. The molecule has 1 aromatic carbocycles. The van der Waals surface area contributed by atoms with E-state index in [4.69, 9.17) is 20.9 Å². The molecular formula is C17H28ClN3O4. The smallest absolute Gasteiger partial charge is 0.255 e. The summed E-state index contributed by atoms with van der Waals surface area (Å²) in [6.07, 6.45) is 0.770. The first-order valence-electron chi connectivity index (χ1n) is 7.82. The summed E-state index contributed by atoms with van der Waals surface area (Å²) < 4.78 is 10.5. The highest BCUT2D eigenvalue weighted by Crippen LogP contribution is 2.28. The first kappa shape index (κ1) is 23.0. The Morgan fingerprint density at radius 3 is 2.40 bits per heavy atom. The second kappa shape index (κ2) is 10.1. The summed E-state index contributed by atoms with van der Waals surface area (Å²) in [7, 11) is 1.46. The maximum Gasteiger partial charge on any atom is 0.255 e. The zero-order valence-electron chi connectivity index (χ0n) is 15.1. The molecule has 1 atom stereocenters. The average molecular weight is 374 g/mol. The molecular weight excluding hydrogens is 346 g/mol. The van der Waals surface area contributed by atoms with Crippen molar-refractivity contribution < 1.29 is 19.1 Å². The lowest BCUT2D eigenvalue weighted by molar-refractivity contribution is -0.119. The van der Waals surface area contributed by atoms with E-state index in [2.05, 4.69) is 19.2 Å². The Hall–Kier alpha value is -1.99. The summed E-state index contributed by atoms with van der Waals surface area (Å²) in [6.45, 7) is 6.16. The summed E-state index contributed by atoms with van der Waals surface area (Å²) in [4.78, 5) is 23.3. The van der Waals surface area contributed by atoms with Crippen molar-refractivity contribution >= 4 is 24.2 Å². The van der Waals surface area contributed by atoms with Gasteiger partial charge in [0.1, 0.15) is 0 Å². The molecule has 8 heteroatoms. The summed E-state index contributed by atoms with van der Waals surface area (Å²) >= 11 is 0. The van der Waals surface area contributed by atoms with Crippen molar-refractivity contribution in [2.45, 2.75) is 32.7 Å². The van der Waals surface area contributed by atoms with Crippen molar-refractivity contribution in [1.82, 2.24) is 5.32 Å². The van der Waals surface area contributed by atoms with E-state index in [1.165, 1.54) is 7.11 Å². The summed E-state index contributed by atoms with van der Waals surface area (Å²) in [5, 5.41) is 2.98. The topological polar surface area (TPSA) is 117 Å². The van der Waals surface area contributed by atoms with Crippen LogP contribution in [0.2, 0.25) is 0 Å². The van der Waals surface area contributed by atoms with Crippen molar-refractivity contribution in [3.05, 3.63) is 23.8 Å². The number of amides is 2. The molecule has 0 aliphatic heterocycles. The lowest BCUT2D eigenvalue weighted by atomic mass is 9.90. The van der Waals surface area contributed by atoms with Crippen molar-refractivity contribution in [3.63, 3.8) is 0 Å². The van der Waals surface area contributed by atoms with E-state index in [1.54, 1.807) is 18.2 Å². The van der Waals surface area contributed by atoms with Crippen molar-refractivity contribution in [2.24, 2.45) is 17.4 Å². The molecule has 0 fully saturated rings. The van der Waals surface area contributed by atoms with Gasteiger partial charge in [0.15, 0.2) is 18.1 Å². The minimum absolute atomic E-state index is 0. The number of carbonyl (C=O) groups excluding carboxylic acids is 2. The van der Waals surface area contributed by atoms with Crippen LogP contribution in [0, 0.1) is 5.92 Å². The Bertz CT molecular complexity index is 595. The molecule has 2 amide bonds. The number of benzene rings is 1. The van der Waals surface area contributed by atoms with Gasteiger partial charge in [-0.25, -0.2) is 0 Å². The van der Waals surface area contributed by atoms with Crippen LogP contribution in [0.3, 0.4) is 0 Å². The van der Waals surface area contributed by atoms with Crippen LogP contribution in [-0.4, -0.2) is 37.6 Å². The van der Waals surface area contributed by atoms with Gasteiger partial charge in [0, 0.05) is 17.6 Å². The van der Waals surface area contributed by atoms with Gasteiger partial charge in [0.2, 0.25) is 0 Å². The van der Waals surface area contributed by atoms with Crippen molar-refractivity contribution in [2.75, 3.05) is 20.3 Å². The van der Waals surface area contributed by atoms with Crippen molar-refractivity contribution in [1.29, 1.82) is 0 Å². The maximum absolute atomic E-state index is 12.5. The lowest BCUT2D eigenvalue weighted by Crippen LogP contribution is -2.52. The number of nitrogens with one attached hydrogen (secondary N) is 1. The highest BCUT2D eigenvalue weighted by atomic mass is 35.5. The normalized spacial score (nSPS) is 12.7. The highest BCUT2D eigenvalue weighted by Gasteiger charge is 2.26. The molecule has 0 aliphatic carbocycles. The summed E-state index contributed by atoms with van der Waals surface area (Å²) in [6, 6.07) is 4.72. The van der Waals surface area contributed by atoms with Crippen LogP contribution in [0.15, 0.2) is 18.2 Å². The fourth-order valence-electron chi connectivity index (χ4n) is 2.51. The number of methoxy groups -OCH3 is 1. The number of rotatable bonds is 9. The number of hydrogen-bond donors (Lipinski definition) is 3. The molecule has 25 heavy (non-hydrogen) atoms. The van der Waals surface area contributed by atoms with Gasteiger partial charge in [0.05, 0.1) is 7.11 Å². The monoisotopic (exact) mass is 373 g/mol. The number of nitrogens with two attached hydrogens (primary N) is 2. The molecule has 1 rings (SSSR count). The van der Waals surface area contributed by atoms with Crippen LogP contribution in [0.1, 0.15) is 37.6 Å². The molecule has 1 unspecified atom stereocenters. The molecule has 1 aromatic rings. The van der Waals surface area contributed by atoms with Gasteiger partial charge >= 0.3 is 0 Å². The predicted molar refractivity (Wildman–Crippen MR) is 99.3 cm³/mol. The van der Waals surface area contributed by atoms with E-state index in [9.17, 15) is 9.59 Å². The maximum atomic E-state index is 12.5. The Morgan fingerprint density at radius 2 is 1.92 bits per heavy atom. The van der Waals surface area contributed by atoms with Crippen molar-refractivity contribution in [3.8, 4) is 11.5 Å².